The van der Waals surface area contributed by atoms with E-state index in [-0.39, 0.29) is 18.1 Å². The Kier molecular flexibility index (Phi) is 4.02. The highest BCUT2D eigenvalue weighted by molar-refractivity contribution is 5.91. The normalized spacial score (nSPS) is 20.8. The zero-order chi connectivity index (χ0) is 16.2. The number of urea groups is 1. The number of rotatable bonds is 3. The number of amides is 2. The molecule has 1 aliphatic heterocycles. The van der Waals surface area contributed by atoms with Crippen molar-refractivity contribution in [2.75, 3.05) is 12.4 Å². The van der Waals surface area contributed by atoms with Crippen molar-refractivity contribution in [3.8, 4) is 11.8 Å². The number of benzene rings is 1. The fraction of sp³-hybridized carbons (Fsp3) is 0.176. The van der Waals surface area contributed by atoms with Gasteiger partial charge in [0.25, 0.3) is 0 Å². The first-order valence-corrected chi connectivity index (χ1v) is 7.08. The van der Waals surface area contributed by atoms with Gasteiger partial charge in [-0.15, -0.1) is 0 Å². The Morgan fingerprint density at radius 2 is 2.22 bits per heavy atom. The van der Waals surface area contributed by atoms with Crippen LogP contribution in [0.15, 0.2) is 54.5 Å². The van der Waals surface area contributed by atoms with Crippen LogP contribution in [0.25, 0.3) is 0 Å². The van der Waals surface area contributed by atoms with Crippen molar-refractivity contribution in [2.45, 2.75) is 6.10 Å². The van der Waals surface area contributed by atoms with Crippen LogP contribution in [-0.4, -0.2) is 19.2 Å². The molecule has 1 heterocycles. The summed E-state index contributed by atoms with van der Waals surface area (Å²) in [6.07, 6.45) is 9.29. The summed E-state index contributed by atoms with van der Waals surface area (Å²) < 4.78 is 10.5. The van der Waals surface area contributed by atoms with Crippen molar-refractivity contribution in [1.82, 2.24) is 5.32 Å². The number of anilines is 1. The Bertz CT molecular complexity index is 759. The molecule has 0 radical (unpaired) electrons. The van der Waals surface area contributed by atoms with Crippen LogP contribution in [0.5, 0.6) is 5.75 Å². The number of fused-ring (bicyclic) bond motifs is 1. The zero-order valence-corrected chi connectivity index (χ0v) is 12.4. The van der Waals surface area contributed by atoms with E-state index >= 15 is 0 Å². The Morgan fingerprint density at radius 3 is 3.00 bits per heavy atom. The molecule has 0 saturated carbocycles. The number of hydrogen-bond acceptors (Lipinski definition) is 4. The molecule has 0 bridgehead atoms. The van der Waals surface area contributed by atoms with Crippen molar-refractivity contribution in [2.24, 2.45) is 5.92 Å². The third kappa shape index (κ3) is 3.19. The predicted molar refractivity (Wildman–Crippen MR) is 84.6 cm³/mol. The minimum atomic E-state index is -0.367. The number of nitrogens with one attached hydrogen (secondary N) is 2. The molecule has 1 aromatic carbocycles. The van der Waals surface area contributed by atoms with Crippen molar-refractivity contribution in [3.63, 3.8) is 0 Å². The lowest BCUT2D eigenvalue weighted by Crippen LogP contribution is -2.29. The number of methoxy groups -OCH3 is 1. The minimum absolute atomic E-state index is 0.0198. The van der Waals surface area contributed by atoms with Gasteiger partial charge in [-0.05, 0) is 36.4 Å². The van der Waals surface area contributed by atoms with Gasteiger partial charge in [-0.25, -0.2) is 4.79 Å². The summed E-state index contributed by atoms with van der Waals surface area (Å²) in [5.41, 5.74) is 1.66. The zero-order valence-electron chi connectivity index (χ0n) is 12.4. The van der Waals surface area contributed by atoms with E-state index in [1.165, 1.54) is 7.11 Å². The van der Waals surface area contributed by atoms with Gasteiger partial charge in [0, 0.05) is 23.4 Å². The summed E-state index contributed by atoms with van der Waals surface area (Å²) in [6, 6.07) is 6.51. The van der Waals surface area contributed by atoms with Crippen molar-refractivity contribution >= 4 is 11.7 Å². The van der Waals surface area contributed by atoms with E-state index in [0.29, 0.717) is 22.7 Å². The first-order chi connectivity index (χ1) is 11.2. The Balaban J connectivity index is 1.65. The lowest BCUT2D eigenvalue weighted by molar-refractivity contribution is 0.191. The Hall–Kier alpha value is -3.20. The fourth-order valence-corrected chi connectivity index (χ4v) is 2.45. The predicted octanol–water partition coefficient (Wildman–Crippen LogP) is 2.67. The molecule has 116 valence electrons. The van der Waals surface area contributed by atoms with Crippen LogP contribution in [0.2, 0.25) is 0 Å². The molecule has 1 aromatic rings. The third-order valence-electron chi connectivity index (χ3n) is 3.59. The highest BCUT2D eigenvalue weighted by Crippen LogP contribution is 2.25. The number of carbonyl (C=O) groups is 1. The van der Waals surface area contributed by atoms with Crippen LogP contribution in [0, 0.1) is 17.2 Å². The highest BCUT2D eigenvalue weighted by Gasteiger charge is 2.23. The van der Waals surface area contributed by atoms with Gasteiger partial charge >= 0.3 is 6.03 Å². The van der Waals surface area contributed by atoms with E-state index in [4.69, 9.17) is 14.7 Å². The van der Waals surface area contributed by atoms with Crippen LogP contribution in [-0.2, 0) is 4.74 Å². The molecule has 0 fully saturated rings. The van der Waals surface area contributed by atoms with Crippen LogP contribution in [0.3, 0.4) is 0 Å². The van der Waals surface area contributed by atoms with E-state index in [1.54, 1.807) is 24.5 Å². The van der Waals surface area contributed by atoms with Crippen molar-refractivity contribution in [1.29, 1.82) is 5.26 Å². The number of allylic oxidation sites excluding steroid dienone is 1. The van der Waals surface area contributed by atoms with Crippen LogP contribution < -0.4 is 15.4 Å². The quantitative estimate of drug-likeness (QED) is 0.899. The molecule has 2 N–H and O–H groups in total. The molecule has 2 atom stereocenters. The molecular weight excluding hydrogens is 294 g/mol. The van der Waals surface area contributed by atoms with E-state index in [2.05, 4.69) is 10.6 Å². The molecule has 6 nitrogen and oxygen atoms in total. The van der Waals surface area contributed by atoms with Gasteiger partial charge in [0.05, 0.1) is 18.9 Å². The van der Waals surface area contributed by atoms with E-state index in [9.17, 15) is 4.79 Å². The van der Waals surface area contributed by atoms with Crippen molar-refractivity contribution in [3.05, 3.63) is 60.0 Å². The molecule has 2 aliphatic rings. The standard InChI is InChI=1S/C17H15N3O3/c1-22-16-9-14(3-2-12(16)10-18)20-17(21)19-13-4-5-15-11(8-13)6-7-23-15/h2-9,11,15H,1H3,(H2,19,20,21). The van der Waals surface area contributed by atoms with Gasteiger partial charge < -0.3 is 20.1 Å². The fourth-order valence-electron chi connectivity index (χ4n) is 2.45. The van der Waals surface area contributed by atoms with Gasteiger partial charge in [0.1, 0.15) is 17.9 Å². The largest absolute Gasteiger partial charge is 0.495 e. The maximum atomic E-state index is 12.1. The van der Waals surface area contributed by atoms with Gasteiger partial charge in [-0.2, -0.15) is 5.26 Å². The second-order valence-corrected chi connectivity index (χ2v) is 5.09. The number of nitriles is 1. The first-order valence-electron chi connectivity index (χ1n) is 7.08. The van der Waals surface area contributed by atoms with E-state index in [1.807, 2.05) is 30.4 Å². The molecule has 3 rings (SSSR count). The lowest BCUT2D eigenvalue weighted by Gasteiger charge is -2.18. The molecule has 6 heteroatoms. The van der Waals surface area contributed by atoms with Crippen molar-refractivity contribution < 1.29 is 14.3 Å². The molecule has 0 saturated heterocycles. The maximum absolute atomic E-state index is 12.1. The summed E-state index contributed by atoms with van der Waals surface area (Å²) in [4.78, 5) is 12.1. The summed E-state index contributed by atoms with van der Waals surface area (Å²) in [5.74, 6) is 0.559. The SMILES string of the molecule is COc1cc(NC(=O)NC2=CC3C=COC3C=C2)ccc1C#N. The Morgan fingerprint density at radius 1 is 1.35 bits per heavy atom. The summed E-state index contributed by atoms with van der Waals surface area (Å²) in [7, 11) is 1.48. The minimum Gasteiger partial charge on any atom is -0.495 e. The Labute approximate surface area is 133 Å². The molecule has 23 heavy (non-hydrogen) atoms. The van der Waals surface area contributed by atoms with Gasteiger partial charge in [0.2, 0.25) is 0 Å². The number of ether oxygens (including phenoxy) is 2. The second-order valence-electron chi connectivity index (χ2n) is 5.09. The smallest absolute Gasteiger partial charge is 0.323 e. The summed E-state index contributed by atoms with van der Waals surface area (Å²) in [5, 5.41) is 14.4. The number of carbonyl (C=O) groups excluding carboxylic acids is 1. The first kappa shape index (κ1) is 14.7. The summed E-state index contributed by atoms with van der Waals surface area (Å²) in [6.45, 7) is 0. The van der Waals surface area contributed by atoms with E-state index < -0.39 is 0 Å². The summed E-state index contributed by atoms with van der Waals surface area (Å²) >= 11 is 0. The van der Waals surface area contributed by atoms with Gasteiger partial charge in [0.15, 0.2) is 0 Å². The van der Waals surface area contributed by atoms with Gasteiger partial charge in [-0.1, -0.05) is 0 Å². The highest BCUT2D eigenvalue weighted by atomic mass is 16.5. The number of hydrogen-bond donors (Lipinski definition) is 2. The molecule has 0 spiro atoms. The molecule has 0 aromatic heterocycles. The van der Waals surface area contributed by atoms with Crippen LogP contribution in [0.1, 0.15) is 5.56 Å². The molecule has 2 unspecified atom stereocenters. The average molecular weight is 309 g/mol. The molecular formula is C17H15N3O3. The van der Waals surface area contributed by atoms with E-state index in [0.717, 1.165) is 0 Å². The van der Waals surface area contributed by atoms with Gasteiger partial charge in [-0.3, -0.25) is 0 Å². The molecule has 2 amide bonds. The monoisotopic (exact) mass is 309 g/mol. The third-order valence-corrected chi connectivity index (χ3v) is 3.59. The van der Waals surface area contributed by atoms with Crippen LogP contribution in [0.4, 0.5) is 10.5 Å². The maximum Gasteiger partial charge on any atom is 0.323 e. The van der Waals surface area contributed by atoms with Crippen LogP contribution >= 0.6 is 0 Å². The second kappa shape index (κ2) is 6.28. The topological polar surface area (TPSA) is 83.4 Å². The average Bonchev–Trinajstić information content (AvgIpc) is 3.02. The lowest BCUT2D eigenvalue weighted by atomic mass is 9.97. The number of nitrogens with zero attached hydrogens (tertiary/aromatic N) is 1. The molecule has 1 aliphatic carbocycles.